The molecule has 0 bridgehead atoms. The second kappa shape index (κ2) is 10.5. The van der Waals surface area contributed by atoms with E-state index in [1.165, 1.54) is 0 Å². The van der Waals surface area contributed by atoms with Gasteiger partial charge < -0.3 is 10.6 Å². The lowest BCUT2D eigenvalue weighted by atomic mass is 9.88. The van der Waals surface area contributed by atoms with E-state index in [1.54, 1.807) is 12.1 Å². The molecule has 1 heterocycles. The number of thioether (sulfide) groups is 2. The Morgan fingerprint density at radius 3 is 1.54 bits per heavy atom. The molecular formula is C21H31N3O2S2. The number of pyridine rings is 1. The maximum absolute atomic E-state index is 12.6. The fraction of sp³-hybridized carbons (Fsp3) is 0.667. The molecule has 2 N–H and O–H groups in total. The van der Waals surface area contributed by atoms with Crippen molar-refractivity contribution in [3.63, 3.8) is 0 Å². The first-order valence-corrected chi connectivity index (χ1v) is 12.8. The Morgan fingerprint density at radius 2 is 1.18 bits per heavy atom. The van der Waals surface area contributed by atoms with Crippen molar-refractivity contribution in [3.05, 3.63) is 18.2 Å². The van der Waals surface area contributed by atoms with Gasteiger partial charge in [-0.05, 0) is 76.0 Å². The minimum absolute atomic E-state index is 0.0471. The van der Waals surface area contributed by atoms with Crippen molar-refractivity contribution >= 4 is 47.0 Å². The molecule has 2 aliphatic carbocycles. The molecule has 2 aliphatic rings. The van der Waals surface area contributed by atoms with Crippen LogP contribution >= 0.6 is 23.5 Å². The number of aromatic nitrogens is 1. The van der Waals surface area contributed by atoms with Gasteiger partial charge in [0, 0.05) is 22.3 Å². The largest absolute Gasteiger partial charge is 0.310 e. The molecule has 28 heavy (non-hydrogen) atoms. The minimum atomic E-state index is 0.0471. The summed E-state index contributed by atoms with van der Waals surface area (Å²) in [6.45, 7) is 0. The van der Waals surface area contributed by atoms with Crippen molar-refractivity contribution in [1.29, 1.82) is 0 Å². The number of hydrogen-bond acceptors (Lipinski definition) is 5. The number of hydrogen-bond donors (Lipinski definition) is 2. The molecule has 7 heteroatoms. The molecule has 2 saturated carbocycles. The van der Waals surface area contributed by atoms with Crippen LogP contribution < -0.4 is 10.6 Å². The molecule has 0 radical (unpaired) electrons. The minimum Gasteiger partial charge on any atom is -0.310 e. The van der Waals surface area contributed by atoms with Crippen LogP contribution in [0.25, 0.3) is 0 Å². The van der Waals surface area contributed by atoms with Crippen LogP contribution in [0.5, 0.6) is 0 Å². The van der Waals surface area contributed by atoms with Gasteiger partial charge in [-0.15, -0.1) is 0 Å². The number of amides is 2. The van der Waals surface area contributed by atoms with Crippen molar-refractivity contribution in [2.45, 2.75) is 61.9 Å². The van der Waals surface area contributed by atoms with E-state index >= 15 is 0 Å². The zero-order chi connectivity index (χ0) is 19.9. The molecule has 2 amide bonds. The van der Waals surface area contributed by atoms with Crippen molar-refractivity contribution in [3.8, 4) is 0 Å². The smallest absolute Gasteiger partial charge is 0.228 e. The van der Waals surface area contributed by atoms with E-state index in [-0.39, 0.29) is 23.7 Å². The van der Waals surface area contributed by atoms with Crippen LogP contribution in [0.15, 0.2) is 18.2 Å². The molecule has 154 valence electrons. The first-order chi connectivity index (χ1) is 13.6. The average molecular weight is 422 g/mol. The predicted molar refractivity (Wildman–Crippen MR) is 120 cm³/mol. The van der Waals surface area contributed by atoms with E-state index in [0.29, 0.717) is 22.1 Å². The maximum atomic E-state index is 12.6. The molecule has 5 nitrogen and oxygen atoms in total. The molecule has 2 fully saturated rings. The van der Waals surface area contributed by atoms with Gasteiger partial charge in [0.1, 0.15) is 11.6 Å². The Kier molecular flexibility index (Phi) is 8.09. The van der Waals surface area contributed by atoms with Gasteiger partial charge in [-0.25, -0.2) is 4.98 Å². The highest BCUT2D eigenvalue weighted by Gasteiger charge is 2.27. The quantitative estimate of drug-likeness (QED) is 0.690. The maximum Gasteiger partial charge on any atom is 0.228 e. The van der Waals surface area contributed by atoms with Gasteiger partial charge in [-0.3, -0.25) is 9.59 Å². The van der Waals surface area contributed by atoms with Crippen LogP contribution in [0.3, 0.4) is 0 Å². The van der Waals surface area contributed by atoms with Crippen LogP contribution in [-0.2, 0) is 9.59 Å². The standard InChI is InChI=1S/C21H31N3O2S2/c1-27-16-10-6-14(7-11-16)20(25)23-18-4-3-5-19(22-18)24-21(26)15-8-12-17(28-2)13-9-15/h3-5,14-17H,6-13H2,1-2H3,(H2,22,23,24,25,26). The number of carbonyl (C=O) groups is 2. The highest BCUT2D eigenvalue weighted by atomic mass is 32.2. The van der Waals surface area contributed by atoms with E-state index in [4.69, 9.17) is 0 Å². The third-order valence-electron chi connectivity index (χ3n) is 6.01. The van der Waals surface area contributed by atoms with Gasteiger partial charge in [-0.1, -0.05) is 6.07 Å². The average Bonchev–Trinajstić information content (AvgIpc) is 2.74. The van der Waals surface area contributed by atoms with Gasteiger partial charge in [0.15, 0.2) is 0 Å². The summed E-state index contributed by atoms with van der Waals surface area (Å²) in [5.74, 6) is 1.25. The first kappa shape index (κ1) is 21.5. The Hall–Kier alpha value is -1.21. The van der Waals surface area contributed by atoms with E-state index in [1.807, 2.05) is 29.6 Å². The summed E-state index contributed by atoms with van der Waals surface area (Å²) < 4.78 is 0. The molecule has 0 unspecified atom stereocenters. The zero-order valence-electron chi connectivity index (χ0n) is 16.8. The Bertz CT molecular complexity index is 616. The highest BCUT2D eigenvalue weighted by Crippen LogP contribution is 2.32. The second-order valence-electron chi connectivity index (χ2n) is 7.81. The Morgan fingerprint density at radius 1 is 0.786 bits per heavy atom. The number of nitrogens with zero attached hydrogens (tertiary/aromatic N) is 1. The molecule has 0 atom stereocenters. The number of rotatable bonds is 6. The normalized spacial score (nSPS) is 27.8. The fourth-order valence-electron chi connectivity index (χ4n) is 4.15. The molecular weight excluding hydrogens is 390 g/mol. The summed E-state index contributed by atoms with van der Waals surface area (Å²) in [5, 5.41) is 7.25. The third kappa shape index (κ3) is 5.89. The molecule has 0 spiro atoms. The van der Waals surface area contributed by atoms with E-state index in [0.717, 1.165) is 51.4 Å². The second-order valence-corrected chi connectivity index (χ2v) is 10.1. The molecule has 0 aliphatic heterocycles. The number of nitrogens with one attached hydrogen (secondary N) is 2. The zero-order valence-corrected chi connectivity index (χ0v) is 18.4. The first-order valence-electron chi connectivity index (χ1n) is 10.2. The summed E-state index contributed by atoms with van der Waals surface area (Å²) in [6.07, 6.45) is 12.4. The lowest BCUT2D eigenvalue weighted by Crippen LogP contribution is -2.29. The van der Waals surface area contributed by atoms with Gasteiger partial charge in [0.05, 0.1) is 0 Å². The van der Waals surface area contributed by atoms with Crippen molar-refractivity contribution in [1.82, 2.24) is 4.98 Å². The monoisotopic (exact) mass is 421 g/mol. The number of anilines is 2. The summed E-state index contributed by atoms with van der Waals surface area (Å²) in [7, 11) is 0. The highest BCUT2D eigenvalue weighted by molar-refractivity contribution is 7.99. The fourth-order valence-corrected chi connectivity index (χ4v) is 5.64. The summed E-state index contributed by atoms with van der Waals surface area (Å²) >= 11 is 3.80. The van der Waals surface area contributed by atoms with Crippen molar-refractivity contribution in [2.75, 3.05) is 23.1 Å². The van der Waals surface area contributed by atoms with Crippen LogP contribution in [0.4, 0.5) is 11.6 Å². The molecule has 0 saturated heterocycles. The Labute approximate surface area is 176 Å². The van der Waals surface area contributed by atoms with Crippen molar-refractivity contribution < 1.29 is 9.59 Å². The van der Waals surface area contributed by atoms with Gasteiger partial charge in [0.2, 0.25) is 11.8 Å². The molecule has 1 aromatic rings. The van der Waals surface area contributed by atoms with Gasteiger partial charge in [-0.2, -0.15) is 23.5 Å². The van der Waals surface area contributed by atoms with E-state index < -0.39 is 0 Å². The van der Waals surface area contributed by atoms with Crippen LogP contribution in [0.2, 0.25) is 0 Å². The van der Waals surface area contributed by atoms with Crippen LogP contribution in [0, 0.1) is 11.8 Å². The molecule has 3 rings (SSSR count). The van der Waals surface area contributed by atoms with Gasteiger partial charge >= 0.3 is 0 Å². The SMILES string of the molecule is CSC1CCC(C(=O)Nc2cccc(NC(=O)C3CCC(SC)CC3)n2)CC1. The number of carbonyl (C=O) groups excluding carboxylic acids is 2. The van der Waals surface area contributed by atoms with Crippen LogP contribution in [0.1, 0.15) is 51.4 Å². The van der Waals surface area contributed by atoms with E-state index in [2.05, 4.69) is 28.1 Å². The summed E-state index contributed by atoms with van der Waals surface area (Å²) in [6, 6.07) is 5.39. The lowest BCUT2D eigenvalue weighted by molar-refractivity contribution is -0.121. The topological polar surface area (TPSA) is 71.1 Å². The van der Waals surface area contributed by atoms with E-state index in [9.17, 15) is 9.59 Å². The summed E-state index contributed by atoms with van der Waals surface area (Å²) in [5.41, 5.74) is 0. The third-order valence-corrected chi connectivity index (χ3v) is 8.28. The summed E-state index contributed by atoms with van der Waals surface area (Å²) in [4.78, 5) is 29.5. The molecule has 0 aromatic carbocycles. The lowest BCUT2D eigenvalue weighted by Gasteiger charge is -2.26. The van der Waals surface area contributed by atoms with Crippen molar-refractivity contribution in [2.24, 2.45) is 11.8 Å². The van der Waals surface area contributed by atoms with Gasteiger partial charge in [0.25, 0.3) is 0 Å². The predicted octanol–water partition coefficient (Wildman–Crippen LogP) is 4.80. The van der Waals surface area contributed by atoms with Crippen LogP contribution in [-0.4, -0.2) is 39.8 Å². The Balaban J connectivity index is 1.51. The molecule has 1 aromatic heterocycles.